The van der Waals surface area contributed by atoms with Gasteiger partial charge in [0.05, 0.1) is 17.8 Å². The standard InChI is InChI=1S/C27H30F2N6O2/c1-27-9-3-4-15(12-27)10-20(24(27)29)35(17-6-7-17)22-13-30-25(33-32-22)18-8-5-16(11-21(18)36)23-19(28)14-34(2)26(37)31-23/h5,8,11,13-15,17,20,24,36H,3-4,6-7,9-10,12H2,1-2H3/t15-,20-,24-,27-/m0/s1. The second kappa shape index (κ2) is 8.85. The highest BCUT2D eigenvalue weighted by Crippen LogP contribution is 2.52. The first-order valence-electron chi connectivity index (χ1n) is 12.9. The van der Waals surface area contributed by atoms with Gasteiger partial charge in [-0.3, -0.25) is 4.57 Å². The lowest BCUT2D eigenvalue weighted by molar-refractivity contribution is -0.0125. The highest BCUT2D eigenvalue weighted by molar-refractivity contribution is 5.71. The summed E-state index contributed by atoms with van der Waals surface area (Å²) in [5, 5.41) is 19.3. The lowest BCUT2D eigenvalue weighted by Crippen LogP contribution is -2.56. The van der Waals surface area contributed by atoms with Gasteiger partial charge in [-0.1, -0.05) is 25.8 Å². The van der Waals surface area contributed by atoms with Gasteiger partial charge in [-0.25, -0.2) is 18.6 Å². The van der Waals surface area contributed by atoms with Crippen LogP contribution in [0.2, 0.25) is 0 Å². The van der Waals surface area contributed by atoms with Gasteiger partial charge >= 0.3 is 5.69 Å². The van der Waals surface area contributed by atoms with Gasteiger partial charge in [0.1, 0.15) is 17.6 Å². The molecule has 194 valence electrons. The molecule has 3 fully saturated rings. The van der Waals surface area contributed by atoms with Crippen LogP contribution in [0.15, 0.2) is 35.4 Å². The second-order valence-electron chi connectivity index (χ2n) is 11.2. The predicted octanol–water partition coefficient (Wildman–Crippen LogP) is 4.42. The number of aryl methyl sites for hydroxylation is 1. The molecule has 6 rings (SSSR count). The molecule has 0 amide bonds. The van der Waals surface area contributed by atoms with Gasteiger partial charge in [0.15, 0.2) is 17.5 Å². The Labute approximate surface area is 213 Å². The lowest BCUT2D eigenvalue weighted by Gasteiger charge is -2.52. The van der Waals surface area contributed by atoms with Gasteiger partial charge in [-0.05, 0) is 50.2 Å². The van der Waals surface area contributed by atoms with Crippen molar-refractivity contribution in [1.82, 2.24) is 24.7 Å². The minimum Gasteiger partial charge on any atom is -0.507 e. The number of aromatic nitrogens is 5. The molecule has 3 aliphatic carbocycles. The Morgan fingerprint density at radius 1 is 1.22 bits per heavy atom. The number of hydrogen-bond acceptors (Lipinski definition) is 7. The molecule has 3 aliphatic rings. The highest BCUT2D eigenvalue weighted by atomic mass is 19.1. The van der Waals surface area contributed by atoms with Gasteiger partial charge in [-0.2, -0.15) is 4.98 Å². The Morgan fingerprint density at radius 2 is 2.03 bits per heavy atom. The fraction of sp³-hybridized carbons (Fsp3) is 0.519. The van der Waals surface area contributed by atoms with Gasteiger partial charge in [0.25, 0.3) is 0 Å². The lowest BCUT2D eigenvalue weighted by atomic mass is 9.60. The zero-order valence-electron chi connectivity index (χ0n) is 20.9. The molecule has 3 aromatic rings. The molecule has 37 heavy (non-hydrogen) atoms. The second-order valence-corrected chi connectivity index (χ2v) is 11.2. The largest absolute Gasteiger partial charge is 0.507 e. The Morgan fingerprint density at radius 3 is 2.73 bits per heavy atom. The van der Waals surface area contributed by atoms with E-state index in [2.05, 4.69) is 32.0 Å². The maximum atomic E-state index is 15.9. The Balaban J connectivity index is 1.28. The molecule has 4 atom stereocenters. The fourth-order valence-corrected chi connectivity index (χ4v) is 6.37. The van der Waals surface area contributed by atoms with Crippen LogP contribution in [0.1, 0.15) is 51.9 Å². The Hall–Kier alpha value is -3.43. The van der Waals surface area contributed by atoms with Crippen molar-refractivity contribution in [3.05, 3.63) is 46.9 Å². The number of phenols is 1. The summed E-state index contributed by atoms with van der Waals surface area (Å²) in [6.07, 6.45) is 8.70. The number of hydrogen-bond donors (Lipinski definition) is 1. The maximum absolute atomic E-state index is 15.9. The van der Waals surface area contributed by atoms with E-state index in [9.17, 15) is 14.3 Å². The zero-order chi connectivity index (χ0) is 25.9. The number of benzene rings is 1. The third-order valence-corrected chi connectivity index (χ3v) is 8.36. The highest BCUT2D eigenvalue weighted by Gasteiger charge is 2.52. The van der Waals surface area contributed by atoms with Crippen LogP contribution in [0, 0.1) is 17.2 Å². The molecule has 10 heteroatoms. The number of rotatable bonds is 5. The monoisotopic (exact) mass is 508 g/mol. The average Bonchev–Trinajstić information content (AvgIpc) is 3.70. The summed E-state index contributed by atoms with van der Waals surface area (Å²) < 4.78 is 31.3. The maximum Gasteiger partial charge on any atom is 0.348 e. The molecule has 3 saturated carbocycles. The molecule has 0 aliphatic heterocycles. The first-order chi connectivity index (χ1) is 17.7. The summed E-state index contributed by atoms with van der Waals surface area (Å²) in [7, 11) is 1.41. The van der Waals surface area contributed by atoms with Gasteiger partial charge in [-0.15, -0.1) is 10.2 Å². The molecular weight excluding hydrogens is 478 g/mol. The van der Waals surface area contributed by atoms with E-state index >= 15 is 4.39 Å². The van der Waals surface area contributed by atoms with Gasteiger partial charge < -0.3 is 10.0 Å². The number of aromatic hydroxyl groups is 1. The van der Waals surface area contributed by atoms with E-state index in [0.717, 1.165) is 55.7 Å². The molecule has 0 spiro atoms. The summed E-state index contributed by atoms with van der Waals surface area (Å²) in [5.74, 6) is 0.431. The number of halogens is 2. The van der Waals surface area contributed by atoms with E-state index in [0.29, 0.717) is 17.3 Å². The topological polar surface area (TPSA) is 97.0 Å². The molecule has 0 unspecified atom stereocenters. The third kappa shape index (κ3) is 4.26. The van der Waals surface area contributed by atoms with Crippen molar-refractivity contribution < 1.29 is 13.9 Å². The summed E-state index contributed by atoms with van der Waals surface area (Å²) in [6, 6.07) is 4.43. The van der Waals surface area contributed by atoms with Crippen LogP contribution >= 0.6 is 0 Å². The van der Waals surface area contributed by atoms with Crippen molar-refractivity contribution in [2.45, 2.75) is 70.1 Å². The van der Waals surface area contributed by atoms with Crippen LogP contribution in [0.3, 0.4) is 0 Å². The quantitative estimate of drug-likeness (QED) is 0.545. The van der Waals surface area contributed by atoms with Crippen molar-refractivity contribution in [1.29, 1.82) is 0 Å². The molecule has 2 heterocycles. The smallest absolute Gasteiger partial charge is 0.348 e. The van der Waals surface area contributed by atoms with Crippen molar-refractivity contribution in [3.63, 3.8) is 0 Å². The van der Waals surface area contributed by atoms with E-state index in [1.807, 2.05) is 0 Å². The molecule has 1 aromatic carbocycles. The van der Waals surface area contributed by atoms with Crippen molar-refractivity contribution in [2.75, 3.05) is 4.90 Å². The van der Waals surface area contributed by atoms with Crippen molar-refractivity contribution >= 4 is 5.82 Å². The Kier molecular flexibility index (Phi) is 5.72. The van der Waals surface area contributed by atoms with Gasteiger partial charge in [0.2, 0.25) is 0 Å². The van der Waals surface area contributed by atoms with Crippen LogP contribution in [0.4, 0.5) is 14.6 Å². The van der Waals surface area contributed by atoms with Crippen LogP contribution in [0.5, 0.6) is 5.75 Å². The molecule has 2 aromatic heterocycles. The third-order valence-electron chi connectivity index (χ3n) is 8.36. The molecule has 8 nitrogen and oxygen atoms in total. The van der Waals surface area contributed by atoms with E-state index in [-0.39, 0.29) is 40.3 Å². The Bertz CT molecular complexity index is 1390. The summed E-state index contributed by atoms with van der Waals surface area (Å²) in [5.41, 5.74) is -0.468. The molecular formula is C27H30F2N6O2. The average molecular weight is 509 g/mol. The normalized spacial score (nSPS) is 27.2. The van der Waals surface area contributed by atoms with Crippen LogP contribution < -0.4 is 10.6 Å². The predicted molar refractivity (Wildman–Crippen MR) is 134 cm³/mol. The number of phenolic OH excluding ortho intramolecular Hbond substituents is 1. The van der Waals surface area contributed by atoms with Crippen LogP contribution in [0.25, 0.3) is 22.6 Å². The van der Waals surface area contributed by atoms with Gasteiger partial charge in [0, 0.05) is 30.3 Å². The SMILES string of the molecule is Cn1cc(F)c(-c2ccc(-c3ncc(N(C4CC4)[C@H]4C[C@@H]5CCC[C@@](C)(C5)[C@H]4F)nn3)c(O)c2)nc1=O. The number of anilines is 1. The number of alkyl halides is 1. The summed E-state index contributed by atoms with van der Waals surface area (Å²) in [4.78, 5) is 22.2. The first kappa shape index (κ1) is 23.9. The minimum absolute atomic E-state index is 0.147. The van der Waals surface area contributed by atoms with E-state index in [1.165, 1.54) is 13.1 Å². The minimum atomic E-state index is -0.925. The fourth-order valence-electron chi connectivity index (χ4n) is 6.37. The first-order valence-corrected chi connectivity index (χ1v) is 12.9. The van der Waals surface area contributed by atoms with Crippen LogP contribution in [-0.2, 0) is 7.05 Å². The summed E-state index contributed by atoms with van der Waals surface area (Å²) >= 11 is 0. The van der Waals surface area contributed by atoms with Crippen molar-refractivity contribution in [3.8, 4) is 28.4 Å². The van der Waals surface area contributed by atoms with E-state index in [4.69, 9.17) is 0 Å². The molecule has 0 saturated heterocycles. The number of fused-ring (bicyclic) bond motifs is 2. The van der Waals surface area contributed by atoms with Crippen LogP contribution in [-0.4, -0.2) is 48.1 Å². The molecule has 0 radical (unpaired) electrons. The van der Waals surface area contributed by atoms with Crippen molar-refractivity contribution in [2.24, 2.45) is 18.4 Å². The number of nitrogens with zero attached hydrogens (tertiary/aromatic N) is 6. The molecule has 1 N–H and O–H groups in total. The zero-order valence-corrected chi connectivity index (χ0v) is 20.9. The van der Waals surface area contributed by atoms with E-state index in [1.54, 1.807) is 18.3 Å². The van der Waals surface area contributed by atoms with E-state index < -0.39 is 17.7 Å². The molecule has 2 bridgehead atoms. The summed E-state index contributed by atoms with van der Waals surface area (Å²) in [6.45, 7) is 2.09.